The van der Waals surface area contributed by atoms with E-state index in [2.05, 4.69) is 22.9 Å². The zero-order valence-corrected chi connectivity index (χ0v) is 17.6. The van der Waals surface area contributed by atoms with Crippen molar-refractivity contribution in [1.29, 1.82) is 0 Å². The summed E-state index contributed by atoms with van der Waals surface area (Å²) in [7, 11) is -3.20. The molecular weight excluding hydrogens is 392 g/mol. The van der Waals surface area contributed by atoms with E-state index in [9.17, 15) is 13.2 Å². The summed E-state index contributed by atoms with van der Waals surface area (Å²) in [5.41, 5.74) is 1.17. The van der Waals surface area contributed by atoms with E-state index in [-0.39, 0.29) is 17.7 Å². The largest absolute Gasteiger partial charge is 0.339 e. The van der Waals surface area contributed by atoms with Crippen molar-refractivity contribution in [3.63, 3.8) is 0 Å². The van der Waals surface area contributed by atoms with Crippen LogP contribution in [0.25, 0.3) is 16.5 Å². The quantitative estimate of drug-likeness (QED) is 0.697. The van der Waals surface area contributed by atoms with Gasteiger partial charge in [0.05, 0.1) is 5.75 Å². The van der Waals surface area contributed by atoms with Gasteiger partial charge in [0.1, 0.15) is 0 Å². The predicted molar refractivity (Wildman–Crippen MR) is 116 cm³/mol. The molecule has 1 N–H and O–H groups in total. The lowest BCUT2D eigenvalue weighted by Gasteiger charge is -2.31. The minimum atomic E-state index is -3.20. The minimum absolute atomic E-state index is 0.0236. The Bertz CT molecular complexity index is 912. The lowest BCUT2D eigenvalue weighted by Crippen LogP contribution is -2.46. The van der Waals surface area contributed by atoms with E-state index in [1.54, 1.807) is 22.3 Å². The van der Waals surface area contributed by atoms with E-state index in [1.807, 2.05) is 37.3 Å². The SMILES string of the molecule is CCCS(=O)(=O)NC1CCN(C(=O)/C=C/c2ccc(-c3ccccc3)s2)CC1. The Labute approximate surface area is 171 Å². The molecule has 150 valence electrons. The molecule has 5 nitrogen and oxygen atoms in total. The van der Waals surface area contributed by atoms with E-state index in [4.69, 9.17) is 0 Å². The first-order chi connectivity index (χ1) is 13.5. The zero-order chi connectivity index (χ0) is 20.0. The van der Waals surface area contributed by atoms with Crippen LogP contribution in [0, 0.1) is 0 Å². The Balaban J connectivity index is 1.51. The van der Waals surface area contributed by atoms with Gasteiger partial charge in [0.25, 0.3) is 0 Å². The number of piperidine rings is 1. The molecule has 1 saturated heterocycles. The molecule has 0 aliphatic carbocycles. The maximum Gasteiger partial charge on any atom is 0.246 e. The highest BCUT2D eigenvalue weighted by atomic mass is 32.2. The van der Waals surface area contributed by atoms with Crippen molar-refractivity contribution in [2.75, 3.05) is 18.8 Å². The molecule has 0 spiro atoms. The maximum atomic E-state index is 12.4. The second kappa shape index (κ2) is 9.49. The third-order valence-corrected chi connectivity index (χ3v) is 7.44. The number of hydrogen-bond acceptors (Lipinski definition) is 4. The molecule has 1 aliphatic rings. The molecule has 1 fully saturated rings. The van der Waals surface area contributed by atoms with Crippen LogP contribution in [0.5, 0.6) is 0 Å². The molecule has 2 heterocycles. The Morgan fingerprint density at radius 1 is 1.18 bits per heavy atom. The molecule has 1 amide bonds. The van der Waals surface area contributed by atoms with E-state index in [0.29, 0.717) is 32.4 Å². The summed E-state index contributed by atoms with van der Waals surface area (Å²) in [6.07, 6.45) is 5.38. The van der Waals surface area contributed by atoms with Gasteiger partial charge < -0.3 is 4.90 Å². The van der Waals surface area contributed by atoms with Gasteiger partial charge in [-0.2, -0.15) is 0 Å². The van der Waals surface area contributed by atoms with E-state index >= 15 is 0 Å². The Morgan fingerprint density at radius 3 is 2.57 bits per heavy atom. The summed E-state index contributed by atoms with van der Waals surface area (Å²) < 4.78 is 26.5. The van der Waals surface area contributed by atoms with E-state index in [1.165, 1.54) is 10.4 Å². The second-order valence-corrected chi connectivity index (χ2v) is 9.93. The average Bonchev–Trinajstić information content (AvgIpc) is 3.16. The highest BCUT2D eigenvalue weighted by Gasteiger charge is 2.24. The fraction of sp³-hybridized carbons (Fsp3) is 0.381. The molecule has 2 aromatic rings. The molecule has 1 aromatic heterocycles. The Kier molecular flexibility index (Phi) is 7.04. The van der Waals surface area contributed by atoms with Crippen LogP contribution in [0.1, 0.15) is 31.1 Å². The van der Waals surface area contributed by atoms with Crippen LogP contribution in [0.2, 0.25) is 0 Å². The van der Waals surface area contributed by atoms with Crippen molar-refractivity contribution < 1.29 is 13.2 Å². The number of hydrogen-bond donors (Lipinski definition) is 1. The number of carbonyl (C=O) groups excluding carboxylic acids is 1. The topological polar surface area (TPSA) is 66.5 Å². The fourth-order valence-electron chi connectivity index (χ4n) is 3.26. The van der Waals surface area contributed by atoms with Gasteiger partial charge in [-0.1, -0.05) is 37.3 Å². The van der Waals surface area contributed by atoms with Crippen molar-refractivity contribution in [1.82, 2.24) is 9.62 Å². The second-order valence-electron chi connectivity index (χ2n) is 6.94. The summed E-state index contributed by atoms with van der Waals surface area (Å²) in [6.45, 7) is 2.99. The lowest BCUT2D eigenvalue weighted by molar-refractivity contribution is -0.126. The Hall–Kier alpha value is -1.96. The molecular formula is C21H26N2O3S2. The molecule has 1 aliphatic heterocycles. The van der Waals surface area contributed by atoms with Gasteiger partial charge in [-0.3, -0.25) is 4.79 Å². The highest BCUT2D eigenvalue weighted by Crippen LogP contribution is 2.28. The van der Waals surface area contributed by atoms with Crippen molar-refractivity contribution in [3.8, 4) is 10.4 Å². The van der Waals surface area contributed by atoms with Gasteiger partial charge in [-0.05, 0) is 43.0 Å². The number of likely N-dealkylation sites (tertiary alicyclic amines) is 1. The number of thiophene rings is 1. The van der Waals surface area contributed by atoms with Crippen molar-refractivity contribution in [2.24, 2.45) is 0 Å². The van der Waals surface area contributed by atoms with Gasteiger partial charge in [-0.15, -0.1) is 11.3 Å². The molecule has 7 heteroatoms. The van der Waals surface area contributed by atoms with Crippen LogP contribution >= 0.6 is 11.3 Å². The van der Waals surface area contributed by atoms with E-state index in [0.717, 1.165) is 4.88 Å². The third-order valence-electron chi connectivity index (χ3n) is 4.70. The Morgan fingerprint density at radius 2 is 1.89 bits per heavy atom. The van der Waals surface area contributed by atoms with Crippen molar-refractivity contribution >= 4 is 33.3 Å². The van der Waals surface area contributed by atoms with Gasteiger partial charge in [0.15, 0.2) is 0 Å². The molecule has 0 unspecified atom stereocenters. The van der Waals surface area contributed by atoms with Crippen LogP contribution in [-0.2, 0) is 14.8 Å². The summed E-state index contributed by atoms with van der Waals surface area (Å²) in [5, 5.41) is 0. The third kappa shape index (κ3) is 5.77. The highest BCUT2D eigenvalue weighted by molar-refractivity contribution is 7.89. The van der Waals surface area contributed by atoms with Gasteiger partial charge >= 0.3 is 0 Å². The van der Waals surface area contributed by atoms with Crippen LogP contribution in [-0.4, -0.2) is 44.1 Å². The number of benzene rings is 1. The monoisotopic (exact) mass is 418 g/mol. The van der Waals surface area contributed by atoms with E-state index < -0.39 is 10.0 Å². The molecule has 3 rings (SSSR count). The maximum absolute atomic E-state index is 12.4. The summed E-state index contributed by atoms with van der Waals surface area (Å²) in [4.78, 5) is 16.4. The zero-order valence-electron chi connectivity index (χ0n) is 16.0. The number of sulfonamides is 1. The van der Waals surface area contributed by atoms with Crippen molar-refractivity contribution in [2.45, 2.75) is 32.2 Å². The summed E-state index contributed by atoms with van der Waals surface area (Å²) >= 11 is 1.65. The number of nitrogens with one attached hydrogen (secondary N) is 1. The van der Waals surface area contributed by atoms with Gasteiger partial charge in [0.2, 0.25) is 15.9 Å². The molecule has 0 atom stereocenters. The molecule has 1 aromatic carbocycles. The fourth-order valence-corrected chi connectivity index (χ4v) is 5.57. The van der Waals surface area contributed by atoms with Crippen molar-refractivity contribution in [3.05, 3.63) is 53.4 Å². The minimum Gasteiger partial charge on any atom is -0.339 e. The molecule has 0 saturated carbocycles. The summed E-state index contributed by atoms with van der Waals surface area (Å²) in [6, 6.07) is 14.2. The standard InChI is InChI=1S/C21H26N2O3S2/c1-2-16-28(25,26)22-18-12-14-23(15-13-18)21(24)11-9-19-8-10-20(27-19)17-6-4-3-5-7-17/h3-11,18,22H,2,12-16H2,1H3/b11-9+. The summed E-state index contributed by atoms with van der Waals surface area (Å²) in [5.74, 6) is 0.130. The first-order valence-corrected chi connectivity index (χ1v) is 12.1. The van der Waals surface area contributed by atoms with Gasteiger partial charge in [0, 0.05) is 35.0 Å². The lowest BCUT2D eigenvalue weighted by atomic mass is 10.1. The smallest absolute Gasteiger partial charge is 0.246 e. The molecule has 0 bridgehead atoms. The van der Waals surface area contributed by atoms with Crippen LogP contribution in [0.15, 0.2) is 48.5 Å². The normalized spacial score (nSPS) is 16.0. The number of amides is 1. The number of nitrogens with zero attached hydrogens (tertiary/aromatic N) is 1. The molecule has 28 heavy (non-hydrogen) atoms. The van der Waals surface area contributed by atoms with Crippen LogP contribution in [0.4, 0.5) is 0 Å². The average molecular weight is 419 g/mol. The van der Waals surface area contributed by atoms with Gasteiger partial charge in [-0.25, -0.2) is 13.1 Å². The predicted octanol–water partition coefficient (Wildman–Crippen LogP) is 3.75. The van der Waals surface area contributed by atoms with Crippen LogP contribution in [0.3, 0.4) is 0 Å². The number of carbonyl (C=O) groups is 1. The first kappa shape index (κ1) is 20.8. The first-order valence-electron chi connectivity index (χ1n) is 9.59. The molecule has 0 radical (unpaired) electrons. The number of rotatable bonds is 7. The van der Waals surface area contributed by atoms with Crippen LogP contribution < -0.4 is 4.72 Å².